The second-order valence-corrected chi connectivity index (χ2v) is 4.42. The molecule has 0 heterocycles. The molecule has 0 aliphatic rings. The molecule has 0 bridgehead atoms. The second-order valence-electron chi connectivity index (χ2n) is 3.07. The Balaban J connectivity index is 3.27. The van der Waals surface area contributed by atoms with E-state index in [0.717, 1.165) is 5.56 Å². The van der Waals surface area contributed by atoms with Crippen molar-refractivity contribution in [3.05, 3.63) is 27.7 Å². The molecule has 0 aliphatic carbocycles. The molecule has 0 fully saturated rings. The van der Waals surface area contributed by atoms with Crippen molar-refractivity contribution in [3.63, 3.8) is 0 Å². The monoisotopic (exact) mass is 309 g/mol. The van der Waals surface area contributed by atoms with Gasteiger partial charge in [-0.3, -0.25) is 4.79 Å². The molecule has 1 aromatic rings. The Kier molecular flexibility index (Phi) is 4.44. The predicted octanol–water partition coefficient (Wildman–Crippen LogP) is 3.87. The number of nitrogens with zero attached hydrogens (tertiary/aromatic N) is 1. The summed E-state index contributed by atoms with van der Waals surface area (Å²) in [5.41, 5.74) is 1.46. The average molecular weight is 311 g/mol. The van der Waals surface area contributed by atoms with Crippen LogP contribution < -0.4 is 4.90 Å². The van der Waals surface area contributed by atoms with Gasteiger partial charge in [-0.15, -0.1) is 0 Å². The molecule has 1 amide bonds. The van der Waals surface area contributed by atoms with Gasteiger partial charge in [0.25, 0.3) is 0 Å². The van der Waals surface area contributed by atoms with Crippen LogP contribution in [0.1, 0.15) is 12.5 Å². The fourth-order valence-corrected chi connectivity index (χ4v) is 2.67. The van der Waals surface area contributed by atoms with Crippen LogP contribution in [-0.2, 0) is 10.1 Å². The number of rotatable bonds is 2. The standard InChI is InChI=1S/C10H10BrCl2NO/c1-6(15)14(2)9-4-3-8(12)7(5-11)10(9)13/h3-4H,5H2,1-2H3. The molecule has 0 unspecified atom stereocenters. The second kappa shape index (κ2) is 5.19. The molecule has 2 nitrogen and oxygen atoms in total. The molecular weight excluding hydrogens is 301 g/mol. The van der Waals surface area contributed by atoms with Crippen LogP contribution in [0.4, 0.5) is 5.69 Å². The minimum Gasteiger partial charge on any atom is -0.314 e. The lowest BCUT2D eigenvalue weighted by atomic mass is 10.2. The van der Waals surface area contributed by atoms with Crippen molar-refractivity contribution in [1.29, 1.82) is 0 Å². The zero-order valence-corrected chi connectivity index (χ0v) is 11.4. The van der Waals surface area contributed by atoms with E-state index in [-0.39, 0.29) is 5.91 Å². The maximum absolute atomic E-state index is 11.2. The third kappa shape index (κ3) is 2.65. The Morgan fingerprint density at radius 2 is 2.07 bits per heavy atom. The minimum absolute atomic E-state index is 0.0697. The molecule has 82 valence electrons. The normalized spacial score (nSPS) is 10.2. The summed E-state index contributed by atoms with van der Waals surface area (Å²) >= 11 is 15.4. The first-order valence-electron chi connectivity index (χ1n) is 4.26. The number of amides is 1. The molecular formula is C10H10BrCl2NO. The first kappa shape index (κ1) is 12.8. The van der Waals surface area contributed by atoms with Crippen molar-refractivity contribution in [2.24, 2.45) is 0 Å². The first-order chi connectivity index (χ1) is 6.99. The van der Waals surface area contributed by atoms with Crippen molar-refractivity contribution in [2.45, 2.75) is 12.3 Å². The van der Waals surface area contributed by atoms with Crippen molar-refractivity contribution in [3.8, 4) is 0 Å². The van der Waals surface area contributed by atoms with Gasteiger partial charge in [-0.1, -0.05) is 39.1 Å². The van der Waals surface area contributed by atoms with Gasteiger partial charge < -0.3 is 4.90 Å². The molecule has 0 saturated carbocycles. The summed E-state index contributed by atoms with van der Waals surface area (Å²) in [7, 11) is 1.68. The molecule has 5 heteroatoms. The molecule has 0 aliphatic heterocycles. The SMILES string of the molecule is CC(=O)N(C)c1ccc(Cl)c(CBr)c1Cl. The molecule has 1 aromatic carbocycles. The number of carbonyl (C=O) groups is 1. The largest absolute Gasteiger partial charge is 0.314 e. The van der Waals surface area contributed by atoms with E-state index in [1.54, 1.807) is 19.2 Å². The molecule has 0 radical (unpaired) electrons. The van der Waals surface area contributed by atoms with Crippen LogP contribution in [0.25, 0.3) is 0 Å². The van der Waals surface area contributed by atoms with Crippen LogP contribution in [0.3, 0.4) is 0 Å². The van der Waals surface area contributed by atoms with E-state index in [1.165, 1.54) is 11.8 Å². The van der Waals surface area contributed by atoms with Crippen molar-refractivity contribution < 1.29 is 4.79 Å². The summed E-state index contributed by atoms with van der Waals surface area (Å²) in [4.78, 5) is 12.7. The lowest BCUT2D eigenvalue weighted by Crippen LogP contribution is -2.23. The summed E-state index contributed by atoms with van der Waals surface area (Å²) in [6, 6.07) is 3.47. The number of halogens is 3. The summed E-state index contributed by atoms with van der Waals surface area (Å²) < 4.78 is 0. The van der Waals surface area contributed by atoms with Gasteiger partial charge in [-0.25, -0.2) is 0 Å². The van der Waals surface area contributed by atoms with E-state index in [1.807, 2.05) is 0 Å². The van der Waals surface area contributed by atoms with Gasteiger partial charge in [0.15, 0.2) is 0 Å². The highest BCUT2D eigenvalue weighted by molar-refractivity contribution is 9.08. The number of alkyl halides is 1. The third-order valence-electron chi connectivity index (χ3n) is 2.13. The topological polar surface area (TPSA) is 20.3 Å². The van der Waals surface area contributed by atoms with Crippen LogP contribution in [0, 0.1) is 0 Å². The zero-order valence-electron chi connectivity index (χ0n) is 8.35. The number of hydrogen-bond acceptors (Lipinski definition) is 1. The van der Waals surface area contributed by atoms with Crippen LogP contribution in [-0.4, -0.2) is 13.0 Å². The van der Waals surface area contributed by atoms with E-state index in [4.69, 9.17) is 23.2 Å². The highest BCUT2D eigenvalue weighted by Gasteiger charge is 2.14. The average Bonchev–Trinajstić information content (AvgIpc) is 2.17. The first-order valence-corrected chi connectivity index (χ1v) is 6.14. The van der Waals surface area contributed by atoms with Crippen LogP contribution in [0.5, 0.6) is 0 Å². The molecule has 0 spiro atoms. The summed E-state index contributed by atoms with van der Waals surface area (Å²) in [6.45, 7) is 1.48. The fraction of sp³-hybridized carbons (Fsp3) is 0.300. The Bertz CT molecular complexity index is 395. The van der Waals surface area contributed by atoms with Crippen molar-refractivity contribution in [1.82, 2.24) is 0 Å². The van der Waals surface area contributed by atoms with Gasteiger partial charge in [0.1, 0.15) is 0 Å². The smallest absolute Gasteiger partial charge is 0.223 e. The lowest BCUT2D eigenvalue weighted by molar-refractivity contribution is -0.116. The van der Waals surface area contributed by atoms with E-state index < -0.39 is 0 Å². The van der Waals surface area contributed by atoms with E-state index in [0.29, 0.717) is 21.1 Å². The molecule has 0 atom stereocenters. The predicted molar refractivity (Wildman–Crippen MR) is 68.2 cm³/mol. The number of benzene rings is 1. The molecule has 0 aromatic heterocycles. The fourth-order valence-electron chi connectivity index (χ4n) is 1.14. The maximum Gasteiger partial charge on any atom is 0.223 e. The lowest BCUT2D eigenvalue weighted by Gasteiger charge is -2.18. The summed E-state index contributed by atoms with van der Waals surface area (Å²) in [6.07, 6.45) is 0. The number of anilines is 1. The zero-order chi connectivity index (χ0) is 11.6. The van der Waals surface area contributed by atoms with E-state index in [9.17, 15) is 4.79 Å². The number of hydrogen-bond donors (Lipinski definition) is 0. The van der Waals surface area contributed by atoms with E-state index in [2.05, 4.69) is 15.9 Å². The minimum atomic E-state index is -0.0697. The van der Waals surface area contributed by atoms with Crippen molar-refractivity contribution >= 4 is 50.7 Å². The Labute approximate surface area is 107 Å². The quantitative estimate of drug-likeness (QED) is 0.759. The molecule has 0 saturated heterocycles. The van der Waals surface area contributed by atoms with Crippen LogP contribution in [0.2, 0.25) is 10.0 Å². The van der Waals surface area contributed by atoms with Crippen molar-refractivity contribution in [2.75, 3.05) is 11.9 Å². The van der Waals surface area contributed by atoms with Gasteiger partial charge in [-0.05, 0) is 12.1 Å². The van der Waals surface area contributed by atoms with E-state index >= 15 is 0 Å². The maximum atomic E-state index is 11.2. The Morgan fingerprint density at radius 1 is 1.47 bits per heavy atom. The van der Waals surface area contributed by atoms with Gasteiger partial charge in [-0.2, -0.15) is 0 Å². The van der Waals surface area contributed by atoms with Gasteiger partial charge in [0.2, 0.25) is 5.91 Å². The van der Waals surface area contributed by atoms with Gasteiger partial charge in [0.05, 0.1) is 10.7 Å². The Hall–Kier alpha value is -0.250. The summed E-state index contributed by atoms with van der Waals surface area (Å²) in [5.74, 6) is -0.0697. The highest BCUT2D eigenvalue weighted by atomic mass is 79.9. The highest BCUT2D eigenvalue weighted by Crippen LogP contribution is 2.34. The van der Waals surface area contributed by atoms with Gasteiger partial charge >= 0.3 is 0 Å². The molecule has 1 rings (SSSR count). The molecule has 15 heavy (non-hydrogen) atoms. The molecule has 0 N–H and O–H groups in total. The van der Waals surface area contributed by atoms with Crippen LogP contribution in [0.15, 0.2) is 12.1 Å². The van der Waals surface area contributed by atoms with Gasteiger partial charge in [0, 0.05) is 29.9 Å². The number of carbonyl (C=O) groups excluding carboxylic acids is 1. The summed E-state index contributed by atoms with van der Waals surface area (Å²) in [5, 5.41) is 1.67. The Morgan fingerprint density at radius 3 is 2.53 bits per heavy atom. The third-order valence-corrected chi connectivity index (χ3v) is 3.47. The van der Waals surface area contributed by atoms with Crippen LogP contribution >= 0.6 is 39.1 Å².